The van der Waals surface area contributed by atoms with Gasteiger partial charge in [-0.05, 0) is 37.5 Å². The van der Waals surface area contributed by atoms with Gasteiger partial charge in [0.05, 0.1) is 11.9 Å². The highest BCUT2D eigenvalue weighted by molar-refractivity contribution is 7.92. The molecule has 1 heterocycles. The normalized spacial score (nSPS) is 12.6. The molecule has 1 aliphatic rings. The second-order valence-electron chi connectivity index (χ2n) is 6.75. The second kappa shape index (κ2) is 8.52. The van der Waals surface area contributed by atoms with Gasteiger partial charge in [0, 0.05) is 12.6 Å². The van der Waals surface area contributed by atoms with Crippen molar-refractivity contribution in [3.05, 3.63) is 53.6 Å². The zero-order valence-electron chi connectivity index (χ0n) is 16.0. The molecule has 150 valence electrons. The van der Waals surface area contributed by atoms with Crippen LogP contribution in [0.4, 0.5) is 5.69 Å². The third kappa shape index (κ3) is 5.16. The minimum atomic E-state index is -3.63. The van der Waals surface area contributed by atoms with Crippen LogP contribution in [-0.4, -0.2) is 40.5 Å². The van der Waals surface area contributed by atoms with E-state index in [1.807, 2.05) is 19.1 Å². The minimum Gasteiger partial charge on any atom is -0.454 e. The van der Waals surface area contributed by atoms with Crippen LogP contribution >= 0.6 is 0 Å². The van der Waals surface area contributed by atoms with E-state index in [9.17, 15) is 13.2 Å². The standard InChI is InChI=1S/C20H24N2O5S/c1-15-5-3-6-16(11-15)7-4-10-21-20(23)13-22(28(2,24)25)17-8-9-18-19(12-17)27-14-26-18/h3,5-6,8-9,11-12H,4,7,10,13-14H2,1-2H3,(H,21,23). The van der Waals surface area contributed by atoms with Crippen LogP contribution in [0.2, 0.25) is 0 Å². The Bertz CT molecular complexity index is 959. The molecule has 3 rings (SSSR count). The fraction of sp³-hybridized carbons (Fsp3) is 0.350. The Morgan fingerprint density at radius 2 is 1.93 bits per heavy atom. The molecule has 0 aromatic heterocycles. The molecule has 1 aliphatic heterocycles. The molecule has 0 atom stereocenters. The van der Waals surface area contributed by atoms with E-state index in [0.717, 1.165) is 23.4 Å². The van der Waals surface area contributed by atoms with Gasteiger partial charge in [-0.2, -0.15) is 0 Å². The summed E-state index contributed by atoms with van der Waals surface area (Å²) in [5.74, 6) is 0.662. The highest BCUT2D eigenvalue weighted by Crippen LogP contribution is 2.36. The third-order valence-electron chi connectivity index (χ3n) is 4.38. The first-order valence-electron chi connectivity index (χ1n) is 9.02. The fourth-order valence-electron chi connectivity index (χ4n) is 3.01. The summed E-state index contributed by atoms with van der Waals surface area (Å²) in [7, 11) is -3.63. The molecule has 2 aromatic rings. The Kier molecular flexibility index (Phi) is 6.08. The van der Waals surface area contributed by atoms with Crippen molar-refractivity contribution in [2.45, 2.75) is 19.8 Å². The van der Waals surface area contributed by atoms with E-state index in [1.165, 1.54) is 11.1 Å². The molecule has 0 saturated carbocycles. The number of nitrogens with zero attached hydrogens (tertiary/aromatic N) is 1. The average Bonchev–Trinajstić information content (AvgIpc) is 3.10. The lowest BCUT2D eigenvalue weighted by atomic mass is 10.1. The smallest absolute Gasteiger partial charge is 0.240 e. The van der Waals surface area contributed by atoms with Gasteiger partial charge in [0.15, 0.2) is 11.5 Å². The number of sulfonamides is 1. The van der Waals surface area contributed by atoms with Crippen LogP contribution < -0.4 is 19.1 Å². The number of anilines is 1. The Labute approximate surface area is 165 Å². The van der Waals surface area contributed by atoms with E-state index < -0.39 is 10.0 Å². The van der Waals surface area contributed by atoms with Gasteiger partial charge in [-0.1, -0.05) is 29.8 Å². The molecule has 0 bridgehead atoms. The van der Waals surface area contributed by atoms with E-state index in [0.29, 0.717) is 23.7 Å². The minimum absolute atomic E-state index is 0.0963. The van der Waals surface area contributed by atoms with Gasteiger partial charge in [-0.15, -0.1) is 0 Å². The zero-order chi connectivity index (χ0) is 20.1. The molecule has 0 aliphatic carbocycles. The maximum Gasteiger partial charge on any atom is 0.240 e. The number of ether oxygens (including phenoxy) is 2. The number of carbonyl (C=O) groups is 1. The van der Waals surface area contributed by atoms with Gasteiger partial charge in [-0.3, -0.25) is 9.10 Å². The lowest BCUT2D eigenvalue weighted by Gasteiger charge is -2.22. The molecule has 0 fully saturated rings. The van der Waals surface area contributed by atoms with Crippen molar-refractivity contribution in [3.8, 4) is 11.5 Å². The summed E-state index contributed by atoms with van der Waals surface area (Å²) in [5, 5.41) is 2.79. The number of amides is 1. The lowest BCUT2D eigenvalue weighted by Crippen LogP contribution is -2.40. The maximum atomic E-state index is 12.3. The van der Waals surface area contributed by atoms with E-state index in [4.69, 9.17) is 9.47 Å². The molecule has 7 nitrogen and oxygen atoms in total. The number of hydrogen-bond donors (Lipinski definition) is 1. The molecule has 0 radical (unpaired) electrons. The van der Waals surface area contributed by atoms with Gasteiger partial charge in [0.2, 0.25) is 22.7 Å². The second-order valence-corrected chi connectivity index (χ2v) is 8.66. The van der Waals surface area contributed by atoms with Crippen molar-refractivity contribution in [1.82, 2.24) is 5.32 Å². The molecule has 2 aromatic carbocycles. The van der Waals surface area contributed by atoms with Crippen LogP contribution in [0.15, 0.2) is 42.5 Å². The molecule has 0 spiro atoms. The first-order chi connectivity index (χ1) is 13.3. The molecule has 1 N–H and O–H groups in total. The fourth-order valence-corrected chi connectivity index (χ4v) is 3.86. The van der Waals surface area contributed by atoms with E-state index in [-0.39, 0.29) is 19.2 Å². The van der Waals surface area contributed by atoms with E-state index >= 15 is 0 Å². The summed E-state index contributed by atoms with van der Waals surface area (Å²) >= 11 is 0. The van der Waals surface area contributed by atoms with E-state index in [2.05, 4.69) is 17.4 Å². The predicted octanol–water partition coefficient (Wildman–Crippen LogP) is 2.24. The summed E-state index contributed by atoms with van der Waals surface area (Å²) in [6.45, 7) is 2.33. The van der Waals surface area contributed by atoms with Crippen molar-refractivity contribution in [3.63, 3.8) is 0 Å². The maximum absolute atomic E-state index is 12.3. The Hall–Kier alpha value is -2.74. The quantitative estimate of drug-likeness (QED) is 0.682. The largest absolute Gasteiger partial charge is 0.454 e. The lowest BCUT2D eigenvalue weighted by molar-refractivity contribution is -0.119. The van der Waals surface area contributed by atoms with Crippen molar-refractivity contribution >= 4 is 21.6 Å². The summed E-state index contributed by atoms with van der Waals surface area (Å²) in [6, 6.07) is 13.0. The summed E-state index contributed by atoms with van der Waals surface area (Å²) < 4.78 is 36.0. The Morgan fingerprint density at radius 3 is 2.68 bits per heavy atom. The zero-order valence-corrected chi connectivity index (χ0v) is 16.8. The number of nitrogens with one attached hydrogen (secondary N) is 1. The van der Waals surface area contributed by atoms with Crippen LogP contribution in [0.5, 0.6) is 11.5 Å². The summed E-state index contributed by atoms with van der Waals surface area (Å²) in [6.07, 6.45) is 2.70. The number of carbonyl (C=O) groups excluding carboxylic acids is 1. The number of aryl methyl sites for hydroxylation is 2. The Morgan fingerprint density at radius 1 is 1.14 bits per heavy atom. The van der Waals surface area contributed by atoms with Crippen molar-refractivity contribution in [2.75, 3.05) is 30.4 Å². The molecule has 0 unspecified atom stereocenters. The molecular formula is C20H24N2O5S. The molecular weight excluding hydrogens is 380 g/mol. The van der Waals surface area contributed by atoms with Crippen molar-refractivity contribution in [2.24, 2.45) is 0 Å². The summed E-state index contributed by atoms with van der Waals surface area (Å²) in [5.41, 5.74) is 2.78. The predicted molar refractivity (Wildman–Crippen MR) is 107 cm³/mol. The van der Waals surface area contributed by atoms with Gasteiger partial charge in [0.25, 0.3) is 0 Å². The van der Waals surface area contributed by atoms with Crippen molar-refractivity contribution < 1.29 is 22.7 Å². The van der Waals surface area contributed by atoms with Crippen LogP contribution in [0.1, 0.15) is 17.5 Å². The average molecular weight is 404 g/mol. The first-order valence-corrected chi connectivity index (χ1v) is 10.9. The summed E-state index contributed by atoms with van der Waals surface area (Å²) in [4.78, 5) is 12.3. The molecule has 0 saturated heterocycles. The molecule has 28 heavy (non-hydrogen) atoms. The number of hydrogen-bond acceptors (Lipinski definition) is 5. The molecule has 1 amide bonds. The SMILES string of the molecule is Cc1cccc(CCCNC(=O)CN(c2ccc3c(c2)OCO3)S(C)(=O)=O)c1. The van der Waals surface area contributed by atoms with Crippen LogP contribution in [-0.2, 0) is 21.2 Å². The van der Waals surface area contributed by atoms with Crippen molar-refractivity contribution in [1.29, 1.82) is 0 Å². The Balaban J connectivity index is 1.56. The van der Waals surface area contributed by atoms with Crippen LogP contribution in [0, 0.1) is 6.92 Å². The van der Waals surface area contributed by atoms with Crippen LogP contribution in [0.3, 0.4) is 0 Å². The van der Waals surface area contributed by atoms with Crippen LogP contribution in [0.25, 0.3) is 0 Å². The first kappa shape index (κ1) is 20.0. The molecule has 8 heteroatoms. The monoisotopic (exact) mass is 404 g/mol. The topological polar surface area (TPSA) is 84.9 Å². The highest BCUT2D eigenvalue weighted by atomic mass is 32.2. The number of rotatable bonds is 8. The number of benzene rings is 2. The third-order valence-corrected chi connectivity index (χ3v) is 5.52. The highest BCUT2D eigenvalue weighted by Gasteiger charge is 2.23. The number of fused-ring (bicyclic) bond motifs is 1. The van der Waals surface area contributed by atoms with Gasteiger partial charge in [0.1, 0.15) is 6.54 Å². The van der Waals surface area contributed by atoms with E-state index in [1.54, 1.807) is 18.2 Å². The van der Waals surface area contributed by atoms with Gasteiger partial charge >= 0.3 is 0 Å². The van der Waals surface area contributed by atoms with Gasteiger partial charge in [-0.25, -0.2) is 8.42 Å². The van der Waals surface area contributed by atoms with Gasteiger partial charge < -0.3 is 14.8 Å².